The van der Waals surface area contributed by atoms with Crippen LogP contribution in [0.25, 0.3) is 0 Å². The van der Waals surface area contributed by atoms with E-state index in [0.717, 1.165) is 0 Å². The smallest absolute Gasteiger partial charge is 0.305 e. The van der Waals surface area contributed by atoms with Gasteiger partial charge < -0.3 is 4.74 Å². The van der Waals surface area contributed by atoms with Gasteiger partial charge in [-0.25, -0.2) is 0 Å². The van der Waals surface area contributed by atoms with Crippen molar-refractivity contribution in [1.82, 2.24) is 0 Å². The zero-order valence-corrected chi connectivity index (χ0v) is 11.0. The van der Waals surface area contributed by atoms with Crippen LogP contribution < -0.4 is 0 Å². The van der Waals surface area contributed by atoms with E-state index in [2.05, 4.69) is 4.74 Å². The first-order valence-electron chi connectivity index (χ1n) is 3.06. The van der Waals surface area contributed by atoms with E-state index < -0.39 is 21.8 Å². The van der Waals surface area contributed by atoms with Gasteiger partial charge >= 0.3 is 5.97 Å². The minimum atomic E-state index is -4.01. The molecule has 1 N–H and O–H groups in total. The number of esters is 1. The maximum atomic E-state index is 10.4. The molecule has 0 aromatic carbocycles. The number of rotatable bonds is 4. The van der Waals surface area contributed by atoms with Crippen LogP contribution in [0.2, 0.25) is 0 Å². The first-order chi connectivity index (χ1) is 4.95. The van der Waals surface area contributed by atoms with Crippen LogP contribution in [0.5, 0.6) is 0 Å². The third-order valence-corrected chi connectivity index (χ3v) is 1.58. The van der Waals surface area contributed by atoms with Crippen molar-refractivity contribution in [2.75, 3.05) is 12.4 Å². The van der Waals surface area contributed by atoms with E-state index in [1.807, 2.05) is 0 Å². The summed E-state index contributed by atoms with van der Waals surface area (Å²) in [7, 11) is -4.01. The van der Waals surface area contributed by atoms with E-state index in [4.69, 9.17) is 4.55 Å². The molecule has 12 heavy (non-hydrogen) atoms. The largest absolute Gasteiger partial charge is 0.465 e. The second-order valence-electron chi connectivity index (χ2n) is 1.86. The summed E-state index contributed by atoms with van der Waals surface area (Å²) in [4.78, 5) is 10.4. The molecule has 0 heterocycles. The van der Waals surface area contributed by atoms with Crippen LogP contribution in [0.4, 0.5) is 0 Å². The first-order valence-corrected chi connectivity index (χ1v) is 4.67. The summed E-state index contributed by atoms with van der Waals surface area (Å²) in [5.41, 5.74) is 0. The molecule has 0 fully saturated rings. The summed E-state index contributed by atoms with van der Waals surface area (Å²) in [6.45, 7) is 1.31. The van der Waals surface area contributed by atoms with Crippen LogP contribution in [-0.4, -0.2) is 82.7 Å². The Labute approximate surface area is 114 Å². The first kappa shape index (κ1) is 15.5. The molecule has 0 aromatic rings. The molecule has 1 radical (unpaired) electrons. The van der Waals surface area contributed by atoms with Gasteiger partial charge in [0, 0.05) is 57.8 Å². The maximum Gasteiger partial charge on any atom is 0.305 e. The number of ether oxygens (including phenoxy) is 1. The molecule has 67 valence electrons. The Balaban J connectivity index is 0. The summed E-state index contributed by atoms with van der Waals surface area (Å²) in [6, 6.07) is 0. The average molecular weight is 221 g/mol. The summed E-state index contributed by atoms with van der Waals surface area (Å²) in [5.74, 6) is -1.02. The fourth-order valence-corrected chi connectivity index (χ4v) is 0.657. The third kappa shape index (κ3) is 11.0. The minimum Gasteiger partial charge on any atom is -0.465 e. The van der Waals surface area contributed by atoms with Crippen molar-refractivity contribution in [3.8, 4) is 0 Å². The number of carbonyl (C=O) groups excluding carboxylic acids is 1. The van der Waals surface area contributed by atoms with Crippen molar-refractivity contribution < 1.29 is 22.5 Å². The fourth-order valence-electron chi connectivity index (χ4n) is 0.363. The topological polar surface area (TPSA) is 80.7 Å². The molecule has 0 atom stereocenters. The molecule has 0 aliphatic rings. The van der Waals surface area contributed by atoms with E-state index in [1.165, 1.54) is 0 Å². The standard InChI is InChI=1S/C5H10O5S.K/c1-2-5(6)10-3-4-11(7,8)9;/h2-4H2,1H3,(H,7,8,9);. The molecule has 0 aliphatic heterocycles. The van der Waals surface area contributed by atoms with Gasteiger partial charge in [-0.05, 0) is 0 Å². The summed E-state index contributed by atoms with van der Waals surface area (Å²) < 4.78 is 32.7. The Morgan fingerprint density at radius 3 is 2.33 bits per heavy atom. The molecule has 0 unspecified atom stereocenters. The maximum absolute atomic E-state index is 10.4. The van der Waals surface area contributed by atoms with Gasteiger partial charge in [0.05, 0.1) is 0 Å². The molecule has 7 heteroatoms. The van der Waals surface area contributed by atoms with Gasteiger partial charge in [0.1, 0.15) is 12.4 Å². The van der Waals surface area contributed by atoms with Crippen molar-refractivity contribution >= 4 is 67.5 Å². The van der Waals surface area contributed by atoms with E-state index in [9.17, 15) is 13.2 Å². The fraction of sp³-hybridized carbons (Fsp3) is 0.800. The van der Waals surface area contributed by atoms with Gasteiger partial charge in [-0.2, -0.15) is 8.42 Å². The number of hydrogen-bond donors (Lipinski definition) is 1. The summed E-state index contributed by atoms with van der Waals surface area (Å²) in [5, 5.41) is 0. The van der Waals surface area contributed by atoms with Gasteiger partial charge in [-0.3, -0.25) is 9.35 Å². The minimum absolute atomic E-state index is 0. The van der Waals surface area contributed by atoms with E-state index in [1.54, 1.807) is 6.92 Å². The van der Waals surface area contributed by atoms with E-state index in [0.29, 0.717) is 0 Å². The zero-order chi connectivity index (χ0) is 8.91. The van der Waals surface area contributed by atoms with Crippen molar-refractivity contribution in [3.05, 3.63) is 0 Å². The molecule has 0 saturated heterocycles. The Kier molecular flexibility index (Phi) is 9.58. The number of hydrogen-bond acceptors (Lipinski definition) is 4. The van der Waals surface area contributed by atoms with Gasteiger partial charge in [0.25, 0.3) is 10.1 Å². The Bertz CT molecular complexity index is 222. The van der Waals surface area contributed by atoms with Crippen LogP contribution in [0.1, 0.15) is 13.3 Å². The second-order valence-corrected chi connectivity index (χ2v) is 3.43. The Morgan fingerprint density at radius 1 is 1.50 bits per heavy atom. The molecule has 0 aliphatic carbocycles. The summed E-state index contributed by atoms with van der Waals surface area (Å²) >= 11 is 0. The zero-order valence-electron chi connectivity index (χ0n) is 7.11. The molecule has 0 amide bonds. The monoisotopic (exact) mass is 221 g/mol. The van der Waals surface area contributed by atoms with Crippen molar-refractivity contribution in [2.45, 2.75) is 13.3 Å². The molecule has 0 spiro atoms. The molecule has 5 nitrogen and oxygen atoms in total. The van der Waals surface area contributed by atoms with Crippen molar-refractivity contribution in [3.63, 3.8) is 0 Å². The van der Waals surface area contributed by atoms with Crippen LogP contribution >= 0.6 is 0 Å². The van der Waals surface area contributed by atoms with E-state index >= 15 is 0 Å². The second kappa shape index (κ2) is 7.42. The van der Waals surface area contributed by atoms with Gasteiger partial charge in [0.2, 0.25) is 0 Å². The normalized spacial score (nSPS) is 10.2. The molecular weight excluding hydrogens is 211 g/mol. The molecule has 0 rings (SSSR count). The predicted octanol–water partition coefficient (Wildman–Crippen LogP) is -0.553. The Morgan fingerprint density at radius 2 is 2.00 bits per heavy atom. The molecule has 0 aromatic heterocycles. The van der Waals surface area contributed by atoms with Crippen LogP contribution in [0.3, 0.4) is 0 Å². The van der Waals surface area contributed by atoms with E-state index in [-0.39, 0.29) is 64.4 Å². The molecular formula is C5H10KO5S. The van der Waals surface area contributed by atoms with Gasteiger partial charge in [0.15, 0.2) is 0 Å². The SMILES string of the molecule is CCC(=O)OCCS(=O)(=O)O.[K]. The third-order valence-electron chi connectivity index (χ3n) is 0.893. The van der Waals surface area contributed by atoms with Gasteiger partial charge in [-0.1, -0.05) is 6.92 Å². The summed E-state index contributed by atoms with van der Waals surface area (Å²) in [6.07, 6.45) is 0.200. The van der Waals surface area contributed by atoms with Gasteiger partial charge in [-0.15, -0.1) is 0 Å². The number of carbonyl (C=O) groups is 1. The van der Waals surface area contributed by atoms with Crippen LogP contribution in [0, 0.1) is 0 Å². The van der Waals surface area contributed by atoms with Crippen LogP contribution in [-0.2, 0) is 19.6 Å². The Hall–Kier alpha value is 1.02. The molecule has 0 saturated carbocycles. The van der Waals surface area contributed by atoms with Crippen molar-refractivity contribution in [1.29, 1.82) is 0 Å². The average Bonchev–Trinajstić information content (AvgIpc) is 1.85. The van der Waals surface area contributed by atoms with Crippen molar-refractivity contribution in [2.24, 2.45) is 0 Å². The van der Waals surface area contributed by atoms with Crippen LogP contribution in [0.15, 0.2) is 0 Å². The molecule has 0 bridgehead atoms. The predicted molar refractivity (Wildman–Crippen MR) is 43.4 cm³/mol. The quantitative estimate of drug-likeness (QED) is 0.391.